The zero-order chi connectivity index (χ0) is 26.9. The molecule has 1 aliphatic carbocycles. The summed E-state index contributed by atoms with van der Waals surface area (Å²) in [5.74, 6) is -0.780. The number of benzene rings is 1. The molecule has 36 heavy (non-hydrogen) atoms. The number of carbonyl (C=O) groups excluding carboxylic acids is 4. The lowest BCUT2D eigenvalue weighted by Gasteiger charge is -2.43. The van der Waals surface area contributed by atoms with E-state index < -0.39 is 35.7 Å². The van der Waals surface area contributed by atoms with Crippen molar-refractivity contribution >= 4 is 35.6 Å². The summed E-state index contributed by atoms with van der Waals surface area (Å²) >= 11 is 1.56. The molecule has 3 amide bonds. The summed E-state index contributed by atoms with van der Waals surface area (Å²) in [6, 6.07) is 5.40. The van der Waals surface area contributed by atoms with Crippen molar-refractivity contribution in [3.63, 3.8) is 0 Å². The fourth-order valence-corrected chi connectivity index (χ4v) is 4.38. The van der Waals surface area contributed by atoms with Crippen molar-refractivity contribution in [2.45, 2.75) is 77.1 Å². The SMILES string of the molecule is COC(=O)CNC(=O)C(c1cccc(C)c1)N(C(=O)C(CCSC)NC(=O)OC(C)(C)C)C1CCC1. The summed E-state index contributed by atoms with van der Waals surface area (Å²) in [4.78, 5) is 53.4. The highest BCUT2D eigenvalue weighted by atomic mass is 32.2. The van der Waals surface area contributed by atoms with Gasteiger partial charge in [0, 0.05) is 6.04 Å². The van der Waals surface area contributed by atoms with Crippen molar-refractivity contribution < 1.29 is 28.7 Å². The van der Waals surface area contributed by atoms with Crippen LogP contribution < -0.4 is 10.6 Å². The van der Waals surface area contributed by atoms with Gasteiger partial charge < -0.3 is 25.0 Å². The molecule has 0 aromatic heterocycles. The first kappa shape index (κ1) is 29.5. The Labute approximate surface area is 218 Å². The molecule has 0 bridgehead atoms. The average Bonchev–Trinajstić information content (AvgIpc) is 2.76. The van der Waals surface area contributed by atoms with Gasteiger partial charge in [0.1, 0.15) is 24.2 Å². The van der Waals surface area contributed by atoms with E-state index in [1.165, 1.54) is 7.11 Å². The smallest absolute Gasteiger partial charge is 0.408 e. The maximum absolute atomic E-state index is 14.1. The number of carbonyl (C=O) groups is 4. The van der Waals surface area contributed by atoms with Crippen LogP contribution in [-0.2, 0) is 23.9 Å². The number of ether oxygens (including phenoxy) is 2. The first-order chi connectivity index (χ1) is 17.0. The number of esters is 1. The van der Waals surface area contributed by atoms with Crippen molar-refractivity contribution in [1.82, 2.24) is 15.5 Å². The van der Waals surface area contributed by atoms with Crippen molar-refractivity contribution in [2.75, 3.05) is 25.7 Å². The molecule has 1 aromatic rings. The molecule has 2 rings (SSSR count). The predicted molar refractivity (Wildman–Crippen MR) is 140 cm³/mol. The van der Waals surface area contributed by atoms with Crippen LogP contribution in [0.15, 0.2) is 24.3 Å². The Bertz CT molecular complexity index is 928. The van der Waals surface area contributed by atoms with Gasteiger partial charge in [-0.05, 0) is 71.0 Å². The molecule has 1 aromatic carbocycles. The van der Waals surface area contributed by atoms with Crippen molar-refractivity contribution in [3.8, 4) is 0 Å². The van der Waals surface area contributed by atoms with Gasteiger partial charge >= 0.3 is 12.1 Å². The second kappa shape index (κ2) is 13.5. The molecular weight excluding hydrogens is 482 g/mol. The van der Waals surface area contributed by atoms with E-state index in [1.807, 2.05) is 31.4 Å². The number of alkyl carbamates (subject to hydrolysis) is 1. The van der Waals surface area contributed by atoms with Crippen LogP contribution in [0.25, 0.3) is 0 Å². The second-order valence-electron chi connectivity index (χ2n) is 9.92. The lowest BCUT2D eigenvalue weighted by Crippen LogP contribution is -2.57. The Morgan fingerprint density at radius 3 is 2.42 bits per heavy atom. The largest absolute Gasteiger partial charge is 0.468 e. The van der Waals surface area contributed by atoms with E-state index in [4.69, 9.17) is 4.74 Å². The highest BCUT2D eigenvalue weighted by Crippen LogP contribution is 2.34. The third-order valence-corrected chi connectivity index (χ3v) is 6.49. The fraction of sp³-hybridized carbons (Fsp3) is 0.615. The second-order valence-corrected chi connectivity index (χ2v) is 10.9. The number of amides is 3. The zero-order valence-electron chi connectivity index (χ0n) is 22.1. The highest BCUT2D eigenvalue weighted by molar-refractivity contribution is 7.98. The number of aryl methyl sites for hydroxylation is 1. The zero-order valence-corrected chi connectivity index (χ0v) is 22.9. The lowest BCUT2D eigenvalue weighted by atomic mass is 9.87. The Hall–Kier alpha value is -2.75. The number of nitrogens with one attached hydrogen (secondary N) is 2. The minimum atomic E-state index is -0.968. The topological polar surface area (TPSA) is 114 Å². The minimum Gasteiger partial charge on any atom is -0.468 e. The molecule has 2 N–H and O–H groups in total. The average molecular weight is 522 g/mol. The molecule has 0 spiro atoms. The Kier molecular flexibility index (Phi) is 11.1. The van der Waals surface area contributed by atoms with Crippen LogP contribution in [0.3, 0.4) is 0 Å². The van der Waals surface area contributed by atoms with E-state index in [9.17, 15) is 19.2 Å². The first-order valence-electron chi connectivity index (χ1n) is 12.2. The number of thioether (sulfide) groups is 1. The van der Waals surface area contributed by atoms with E-state index in [0.29, 0.717) is 17.7 Å². The van der Waals surface area contributed by atoms with Gasteiger partial charge in [-0.3, -0.25) is 14.4 Å². The molecule has 0 radical (unpaired) electrons. The van der Waals surface area contributed by atoms with Gasteiger partial charge in [0.15, 0.2) is 0 Å². The quantitative estimate of drug-likeness (QED) is 0.429. The van der Waals surface area contributed by atoms with E-state index in [1.54, 1.807) is 43.5 Å². The highest BCUT2D eigenvalue weighted by Gasteiger charge is 2.42. The summed E-state index contributed by atoms with van der Waals surface area (Å²) in [6.07, 6.45) is 4.06. The normalized spacial score (nSPS) is 15.2. The maximum Gasteiger partial charge on any atom is 0.408 e. The van der Waals surface area contributed by atoms with E-state index in [-0.39, 0.29) is 18.5 Å². The Balaban J connectivity index is 2.45. The van der Waals surface area contributed by atoms with Crippen LogP contribution in [0.2, 0.25) is 0 Å². The van der Waals surface area contributed by atoms with Gasteiger partial charge in [-0.1, -0.05) is 29.8 Å². The van der Waals surface area contributed by atoms with Crippen LogP contribution in [0.5, 0.6) is 0 Å². The van der Waals surface area contributed by atoms with Gasteiger partial charge in [0.05, 0.1) is 7.11 Å². The standard InChI is InChI=1S/C26H39N3O6S/c1-17-9-7-10-18(15-17)22(23(31)27-16-21(30)34-5)29(19-11-8-12-19)24(32)20(13-14-36-6)28-25(33)35-26(2,3)4/h7,9-10,15,19-20,22H,8,11-14,16H2,1-6H3,(H,27,31)(H,28,33). The number of hydrogen-bond donors (Lipinski definition) is 2. The Morgan fingerprint density at radius 1 is 1.19 bits per heavy atom. The number of hydrogen-bond acceptors (Lipinski definition) is 7. The van der Waals surface area contributed by atoms with Gasteiger partial charge in [-0.2, -0.15) is 11.8 Å². The first-order valence-corrected chi connectivity index (χ1v) is 13.6. The summed E-state index contributed by atoms with van der Waals surface area (Å²) in [6.45, 7) is 6.87. The van der Waals surface area contributed by atoms with Gasteiger partial charge in [0.2, 0.25) is 11.8 Å². The predicted octanol–water partition coefficient (Wildman–Crippen LogP) is 3.35. The third kappa shape index (κ3) is 8.72. The molecule has 2 unspecified atom stereocenters. The molecule has 10 heteroatoms. The van der Waals surface area contributed by atoms with E-state index in [0.717, 1.165) is 24.8 Å². The monoisotopic (exact) mass is 521 g/mol. The molecule has 1 aliphatic rings. The van der Waals surface area contributed by atoms with Crippen LogP contribution in [0.1, 0.15) is 63.6 Å². The van der Waals surface area contributed by atoms with Crippen molar-refractivity contribution in [2.24, 2.45) is 0 Å². The van der Waals surface area contributed by atoms with Gasteiger partial charge in [-0.25, -0.2) is 4.79 Å². The molecule has 0 heterocycles. The lowest BCUT2D eigenvalue weighted by molar-refractivity contribution is -0.148. The van der Waals surface area contributed by atoms with Crippen LogP contribution in [0.4, 0.5) is 4.79 Å². The molecular formula is C26H39N3O6S. The molecule has 9 nitrogen and oxygen atoms in total. The molecule has 0 aliphatic heterocycles. The molecule has 200 valence electrons. The van der Waals surface area contributed by atoms with Crippen LogP contribution in [0, 0.1) is 6.92 Å². The van der Waals surface area contributed by atoms with Crippen LogP contribution in [-0.4, -0.2) is 72.1 Å². The third-order valence-electron chi connectivity index (χ3n) is 5.84. The number of rotatable bonds is 11. The van der Waals surface area contributed by atoms with E-state index >= 15 is 0 Å². The summed E-state index contributed by atoms with van der Waals surface area (Å²) in [5.41, 5.74) is 0.853. The maximum atomic E-state index is 14.1. The van der Waals surface area contributed by atoms with E-state index in [2.05, 4.69) is 15.4 Å². The molecule has 2 atom stereocenters. The fourth-order valence-electron chi connectivity index (χ4n) is 3.91. The van der Waals surface area contributed by atoms with Crippen molar-refractivity contribution in [1.29, 1.82) is 0 Å². The summed E-state index contributed by atoms with van der Waals surface area (Å²) in [7, 11) is 1.25. The molecule has 1 fully saturated rings. The Morgan fingerprint density at radius 2 is 1.89 bits per heavy atom. The van der Waals surface area contributed by atoms with Gasteiger partial charge in [0.25, 0.3) is 0 Å². The number of nitrogens with zero attached hydrogens (tertiary/aromatic N) is 1. The molecule has 1 saturated carbocycles. The minimum absolute atomic E-state index is 0.163. The summed E-state index contributed by atoms with van der Waals surface area (Å²) in [5, 5.41) is 5.36. The van der Waals surface area contributed by atoms with Crippen LogP contribution >= 0.6 is 11.8 Å². The van der Waals surface area contributed by atoms with Gasteiger partial charge in [-0.15, -0.1) is 0 Å². The number of methoxy groups -OCH3 is 1. The molecule has 0 saturated heterocycles. The summed E-state index contributed by atoms with van der Waals surface area (Å²) < 4.78 is 10.1. The van der Waals surface area contributed by atoms with Crippen molar-refractivity contribution in [3.05, 3.63) is 35.4 Å².